The van der Waals surface area contributed by atoms with Crippen LogP contribution in [0.2, 0.25) is 0 Å². The molecule has 55 heavy (non-hydrogen) atoms. The van der Waals surface area contributed by atoms with Crippen molar-refractivity contribution in [3.05, 3.63) is 32.6 Å². The first-order valence-electron chi connectivity index (χ1n) is 16.2. The highest BCUT2D eigenvalue weighted by Crippen LogP contribution is 2.66. The summed E-state index contributed by atoms with van der Waals surface area (Å²) in [5.41, 5.74) is -1.92. The van der Waals surface area contributed by atoms with Gasteiger partial charge < -0.3 is 48.6 Å². The molecule has 1 amide bonds. The molecule has 1 aromatic rings. The molecule has 0 radical (unpaired) electrons. The van der Waals surface area contributed by atoms with E-state index in [-0.39, 0.29) is 35.8 Å². The number of phosphoric acid groups is 3. The van der Waals surface area contributed by atoms with Crippen LogP contribution in [0.3, 0.4) is 0 Å². The van der Waals surface area contributed by atoms with Crippen LogP contribution in [0.4, 0.5) is 4.79 Å². The number of carbonyl (C=O) groups excluding carboxylic acids is 1. The van der Waals surface area contributed by atoms with Crippen LogP contribution in [-0.2, 0) is 71.2 Å². The Morgan fingerprint density at radius 1 is 1.15 bits per heavy atom. The van der Waals surface area contributed by atoms with Crippen LogP contribution in [0.1, 0.15) is 58.2 Å². The molecule has 6 N–H and O–H groups in total. The zero-order chi connectivity index (χ0) is 41.3. The van der Waals surface area contributed by atoms with Crippen molar-refractivity contribution in [1.29, 1.82) is 0 Å². The zero-order valence-electron chi connectivity index (χ0n) is 30.2. The molecule has 0 bridgehead atoms. The molecule has 0 aromatic carbocycles. The summed E-state index contributed by atoms with van der Waals surface area (Å²) >= 11 is 5.28. The lowest BCUT2D eigenvalue weighted by molar-refractivity contribution is -0.0545. The summed E-state index contributed by atoms with van der Waals surface area (Å²) < 4.78 is 75.6. The van der Waals surface area contributed by atoms with Crippen LogP contribution in [0.15, 0.2) is 15.8 Å². The second-order valence-electron chi connectivity index (χ2n) is 11.7. The van der Waals surface area contributed by atoms with Crippen molar-refractivity contribution in [2.45, 2.75) is 69.6 Å². The van der Waals surface area contributed by atoms with Gasteiger partial charge >= 0.3 is 35.3 Å². The van der Waals surface area contributed by atoms with E-state index in [0.717, 1.165) is 17.2 Å². The molecule has 1 saturated heterocycles. The van der Waals surface area contributed by atoms with Gasteiger partial charge in [0.05, 0.1) is 31.8 Å². The van der Waals surface area contributed by atoms with E-state index in [1.165, 1.54) is 0 Å². The van der Waals surface area contributed by atoms with Crippen LogP contribution in [0.25, 0.3) is 0 Å². The summed E-state index contributed by atoms with van der Waals surface area (Å²) in [6.45, 7) is 6.41. The maximum Gasteiger partial charge on any atom is 0.490 e. The molecule has 2 rings (SSSR count). The summed E-state index contributed by atoms with van der Waals surface area (Å²) in [6, 6.07) is 0. The van der Waals surface area contributed by atoms with Gasteiger partial charge in [0, 0.05) is 37.7 Å². The topological polar surface area (TPSA) is 290 Å². The predicted molar refractivity (Wildman–Crippen MR) is 207 cm³/mol. The fourth-order valence-corrected chi connectivity index (χ4v) is 10.1. The molecule has 2 heterocycles. The van der Waals surface area contributed by atoms with E-state index in [1.54, 1.807) is 28.7 Å². The molecular formula is C27H46N3O18P3S4. The van der Waals surface area contributed by atoms with Crippen molar-refractivity contribution in [2.75, 3.05) is 57.7 Å². The van der Waals surface area contributed by atoms with Crippen LogP contribution in [0, 0.1) is 11.8 Å². The minimum atomic E-state index is -5.77. The summed E-state index contributed by atoms with van der Waals surface area (Å²) in [6.07, 6.45) is -0.850. The minimum absolute atomic E-state index is 0.0486. The third-order valence-corrected chi connectivity index (χ3v) is 15.7. The Kier molecular flexibility index (Phi) is 22.1. The van der Waals surface area contributed by atoms with Gasteiger partial charge in [0.1, 0.15) is 23.8 Å². The van der Waals surface area contributed by atoms with E-state index >= 15 is 0 Å². The molecule has 0 saturated carbocycles. The van der Waals surface area contributed by atoms with Crippen LogP contribution < -0.4 is 16.6 Å². The molecule has 28 heteroatoms. The maximum absolute atomic E-state index is 12.8. The first-order chi connectivity index (χ1) is 25.7. The molecule has 6 atom stereocenters. The van der Waals surface area contributed by atoms with Gasteiger partial charge in [-0.25, -0.2) is 23.3 Å². The number of alkyl carbamates (subject to hydrolysis) is 1. The van der Waals surface area contributed by atoms with Crippen molar-refractivity contribution in [1.82, 2.24) is 14.9 Å². The fourth-order valence-electron chi connectivity index (χ4n) is 4.15. The number of methoxy groups -OCH3 is 1. The Morgan fingerprint density at radius 2 is 1.85 bits per heavy atom. The number of aromatic amines is 1. The standard InChI is InChI=1S/C27H46N3O18P3S4/c1-5-55(52)19-44-21-15-23(46-22(21)17-45-50(37,38)48-51(39,40)47-49(34,35)36)30-16-20(24(31)29-25(30)32)9-8-11-28-26(33)43-13-7-6-12-42-18-53-54-27(2,3)10-14-41-4/h16,21-23H,5-7,10-15,17-19H2,1-4H3,(H,28,33)(H,37,38)(H,39,40)(H,29,31,32)(H2,34,35,36)/t21-,22+,23+,55?/m0/s1. The highest BCUT2D eigenvalue weighted by Gasteiger charge is 2.43. The second-order valence-corrected chi connectivity index (χ2v) is 22.2. The number of phosphoric ester groups is 1. The molecule has 1 aliphatic rings. The summed E-state index contributed by atoms with van der Waals surface area (Å²) in [4.78, 5) is 76.1. The molecule has 1 aromatic heterocycles. The SMILES string of the molecule is CCS(=S)CO[C@H]1C[C@H](n2cc(C#CCNC(=O)OCCCCOCSSC(C)(C)CCOC)c(=O)[nH]c2=O)O[C@@H]1COP(=O)(O)OP(=O)(O)OP(=O)(O)O. The van der Waals surface area contributed by atoms with E-state index in [0.29, 0.717) is 37.7 Å². The van der Waals surface area contributed by atoms with E-state index in [9.17, 15) is 37.9 Å². The van der Waals surface area contributed by atoms with Crippen LogP contribution in [0.5, 0.6) is 0 Å². The summed E-state index contributed by atoms with van der Waals surface area (Å²) in [5, 5.41) is 2.43. The molecule has 0 aliphatic carbocycles. The minimum Gasteiger partial charge on any atom is -0.450 e. The number of nitrogens with zero attached hydrogens (tertiary/aromatic N) is 1. The third kappa shape index (κ3) is 21.0. The van der Waals surface area contributed by atoms with Gasteiger partial charge in [-0.2, -0.15) is 8.62 Å². The number of rotatable bonds is 25. The molecule has 316 valence electrons. The van der Waals surface area contributed by atoms with Gasteiger partial charge in [-0.3, -0.25) is 18.9 Å². The number of hydrogen-bond acceptors (Lipinski definition) is 17. The number of amides is 1. The normalized spacial score (nSPS) is 20.2. The van der Waals surface area contributed by atoms with Gasteiger partial charge in [0.2, 0.25) is 0 Å². The number of hydrogen-bond donors (Lipinski definition) is 6. The fraction of sp³-hybridized carbons (Fsp3) is 0.741. The van der Waals surface area contributed by atoms with Gasteiger partial charge in [-0.1, -0.05) is 49.8 Å². The first-order valence-corrected chi connectivity index (χ1v) is 25.5. The Hall–Kier alpha value is -0.970. The number of nitrogens with one attached hydrogen (secondary N) is 2. The smallest absolute Gasteiger partial charge is 0.450 e. The third-order valence-electron chi connectivity index (χ3n) is 6.80. The van der Waals surface area contributed by atoms with Crippen LogP contribution >= 0.6 is 45.1 Å². The predicted octanol–water partition coefficient (Wildman–Crippen LogP) is 2.64. The Bertz CT molecular complexity index is 1750. The second kappa shape index (κ2) is 24.2. The van der Waals surface area contributed by atoms with Crippen molar-refractivity contribution in [3.8, 4) is 11.8 Å². The van der Waals surface area contributed by atoms with Crippen LogP contribution in [-0.4, -0.2) is 110 Å². The number of ether oxygens (including phenoxy) is 5. The van der Waals surface area contributed by atoms with E-state index in [1.807, 2.05) is 6.92 Å². The Labute approximate surface area is 332 Å². The number of H-pyrrole nitrogens is 1. The molecular weight excluding hydrogens is 875 g/mol. The highest BCUT2D eigenvalue weighted by molar-refractivity contribution is 8.77. The van der Waals surface area contributed by atoms with E-state index < -0.39 is 75.3 Å². The van der Waals surface area contributed by atoms with Gasteiger partial charge in [-0.15, -0.1) is 0 Å². The average Bonchev–Trinajstić information content (AvgIpc) is 3.48. The quantitative estimate of drug-likeness (QED) is 0.0270. The number of carbonyl (C=O) groups is 1. The molecule has 1 aliphatic heterocycles. The number of aromatic nitrogens is 2. The molecule has 3 unspecified atom stereocenters. The van der Waals surface area contributed by atoms with Crippen molar-refractivity contribution in [3.63, 3.8) is 0 Å². The zero-order valence-corrected chi connectivity index (χ0v) is 36.2. The van der Waals surface area contributed by atoms with Crippen molar-refractivity contribution >= 4 is 71.8 Å². The average molecular weight is 922 g/mol. The monoisotopic (exact) mass is 921 g/mol. The molecule has 0 spiro atoms. The lowest BCUT2D eigenvalue weighted by atomic mass is 10.1. The van der Waals surface area contributed by atoms with Crippen molar-refractivity contribution < 1.29 is 74.9 Å². The van der Waals surface area contributed by atoms with E-state index in [2.05, 4.69) is 44.6 Å². The first kappa shape index (κ1) is 50.2. The molecule has 21 nitrogen and oxygen atoms in total. The lowest BCUT2D eigenvalue weighted by Gasteiger charge is -2.22. The van der Waals surface area contributed by atoms with Gasteiger partial charge in [0.25, 0.3) is 5.56 Å². The number of unbranched alkanes of at least 4 members (excludes halogenated alkanes) is 1. The van der Waals surface area contributed by atoms with Gasteiger partial charge in [0.15, 0.2) is 0 Å². The maximum atomic E-state index is 12.8. The largest absolute Gasteiger partial charge is 0.490 e. The molecule has 1 fully saturated rings. The van der Waals surface area contributed by atoms with E-state index in [4.69, 9.17) is 49.2 Å². The van der Waals surface area contributed by atoms with Crippen molar-refractivity contribution in [2.24, 2.45) is 0 Å². The van der Waals surface area contributed by atoms with Gasteiger partial charge in [-0.05, 0) is 50.1 Å². The Balaban J connectivity index is 1.93. The lowest BCUT2D eigenvalue weighted by Crippen LogP contribution is -2.34. The summed E-state index contributed by atoms with van der Waals surface area (Å²) in [5.74, 6) is 6.30. The highest BCUT2D eigenvalue weighted by atomic mass is 33.1. The summed E-state index contributed by atoms with van der Waals surface area (Å²) in [7, 11) is -12.5. The Morgan fingerprint density at radius 3 is 2.53 bits per heavy atom.